The number of fused-ring (bicyclic) bond motifs is 1. The molecule has 37 heavy (non-hydrogen) atoms. The maximum Gasteiger partial charge on any atom is 0.256 e. The molecule has 10 nitrogen and oxygen atoms in total. The van der Waals surface area contributed by atoms with Gasteiger partial charge >= 0.3 is 0 Å². The first kappa shape index (κ1) is 23.9. The zero-order valence-corrected chi connectivity index (χ0v) is 20.9. The molecule has 3 heterocycles. The van der Waals surface area contributed by atoms with Gasteiger partial charge in [-0.2, -0.15) is 4.98 Å². The van der Waals surface area contributed by atoms with E-state index in [0.29, 0.717) is 57.2 Å². The molecule has 1 atom stereocenters. The van der Waals surface area contributed by atoms with Crippen molar-refractivity contribution in [3.8, 4) is 28.6 Å². The molecule has 188 valence electrons. The molecular formula is C27H26N6O4. The summed E-state index contributed by atoms with van der Waals surface area (Å²) in [6, 6.07) is 17.6. The summed E-state index contributed by atoms with van der Waals surface area (Å²) in [7, 11) is 4.73. The van der Waals surface area contributed by atoms with Gasteiger partial charge in [-0.3, -0.25) is 9.78 Å². The van der Waals surface area contributed by atoms with Crippen LogP contribution in [-0.2, 0) is 4.79 Å². The maximum absolute atomic E-state index is 13.7. The number of para-hydroxylation sites is 2. The molecule has 0 saturated heterocycles. The Morgan fingerprint density at radius 2 is 1.70 bits per heavy atom. The number of rotatable bonds is 7. The summed E-state index contributed by atoms with van der Waals surface area (Å²) in [5.41, 5.74) is 3.00. The molecule has 0 aliphatic carbocycles. The molecule has 0 radical (unpaired) electrons. The zero-order valence-electron chi connectivity index (χ0n) is 20.9. The SMILES string of the molecule is COc1cc(OC)cc(-c2nc3n(n2)[C@H](c2ccccn2)C(C(=O)Nc2ccccc2OC)=C(C)N3)c1. The molecule has 0 saturated carbocycles. The highest BCUT2D eigenvalue weighted by Crippen LogP contribution is 2.37. The third-order valence-electron chi connectivity index (χ3n) is 6.03. The van der Waals surface area contributed by atoms with Crippen LogP contribution in [0.4, 0.5) is 11.6 Å². The second-order valence-electron chi connectivity index (χ2n) is 8.28. The minimum Gasteiger partial charge on any atom is -0.497 e. The average Bonchev–Trinajstić information content (AvgIpc) is 3.36. The minimum absolute atomic E-state index is 0.309. The van der Waals surface area contributed by atoms with Crippen molar-refractivity contribution >= 4 is 17.5 Å². The fraction of sp³-hybridized carbons (Fsp3) is 0.185. The maximum atomic E-state index is 13.7. The number of nitrogens with one attached hydrogen (secondary N) is 2. The lowest BCUT2D eigenvalue weighted by Gasteiger charge is -2.28. The number of carbonyl (C=O) groups excluding carboxylic acids is 1. The van der Waals surface area contributed by atoms with E-state index in [2.05, 4.69) is 15.6 Å². The Hall–Kier alpha value is -4.86. The van der Waals surface area contributed by atoms with Gasteiger partial charge in [-0.25, -0.2) is 4.68 Å². The van der Waals surface area contributed by atoms with E-state index < -0.39 is 6.04 Å². The first-order valence-electron chi connectivity index (χ1n) is 11.6. The van der Waals surface area contributed by atoms with Crippen molar-refractivity contribution in [2.24, 2.45) is 0 Å². The van der Waals surface area contributed by atoms with Crippen molar-refractivity contribution in [1.29, 1.82) is 0 Å². The molecule has 5 rings (SSSR count). The van der Waals surface area contributed by atoms with Crippen molar-refractivity contribution in [2.75, 3.05) is 32.0 Å². The number of aromatic nitrogens is 4. The molecule has 4 aromatic rings. The van der Waals surface area contributed by atoms with Crippen molar-refractivity contribution in [1.82, 2.24) is 19.7 Å². The van der Waals surface area contributed by atoms with Crippen LogP contribution in [0.1, 0.15) is 18.7 Å². The van der Waals surface area contributed by atoms with Gasteiger partial charge in [0.05, 0.1) is 38.3 Å². The molecule has 0 unspecified atom stereocenters. The number of methoxy groups -OCH3 is 3. The van der Waals surface area contributed by atoms with E-state index in [1.807, 2.05) is 49.4 Å². The van der Waals surface area contributed by atoms with Gasteiger partial charge < -0.3 is 24.8 Å². The summed E-state index contributed by atoms with van der Waals surface area (Å²) in [6.07, 6.45) is 1.69. The van der Waals surface area contributed by atoms with Crippen LogP contribution in [0.3, 0.4) is 0 Å². The normalized spacial score (nSPS) is 14.4. The highest BCUT2D eigenvalue weighted by molar-refractivity contribution is 6.06. The molecule has 0 fully saturated rings. The first-order valence-corrected chi connectivity index (χ1v) is 11.6. The number of pyridine rings is 1. The molecule has 1 aliphatic rings. The van der Waals surface area contributed by atoms with Gasteiger partial charge in [0.15, 0.2) is 5.82 Å². The van der Waals surface area contributed by atoms with Crippen LogP contribution < -0.4 is 24.8 Å². The minimum atomic E-state index is -0.624. The summed E-state index contributed by atoms with van der Waals surface area (Å²) in [4.78, 5) is 23.0. The van der Waals surface area contributed by atoms with Gasteiger partial charge in [0.1, 0.15) is 23.3 Å². The fourth-order valence-corrected chi connectivity index (χ4v) is 4.25. The number of carbonyl (C=O) groups is 1. The summed E-state index contributed by atoms with van der Waals surface area (Å²) in [5, 5.41) is 11.0. The van der Waals surface area contributed by atoms with Gasteiger partial charge in [0.2, 0.25) is 5.95 Å². The molecular weight excluding hydrogens is 472 g/mol. The quantitative estimate of drug-likeness (QED) is 0.388. The number of benzene rings is 2. The van der Waals surface area contributed by atoms with Gasteiger partial charge in [-0.1, -0.05) is 18.2 Å². The average molecular weight is 499 g/mol. The molecule has 0 spiro atoms. The number of nitrogens with zero attached hydrogens (tertiary/aromatic N) is 4. The highest BCUT2D eigenvalue weighted by Gasteiger charge is 2.35. The first-order chi connectivity index (χ1) is 18.0. The molecule has 10 heteroatoms. The number of anilines is 2. The second-order valence-corrected chi connectivity index (χ2v) is 8.28. The third kappa shape index (κ3) is 4.56. The fourth-order valence-electron chi connectivity index (χ4n) is 4.25. The van der Waals surface area contributed by atoms with Crippen LogP contribution in [0, 0.1) is 0 Å². The van der Waals surface area contributed by atoms with Gasteiger partial charge in [-0.15, -0.1) is 5.10 Å². The second kappa shape index (κ2) is 10.0. The monoisotopic (exact) mass is 498 g/mol. The summed E-state index contributed by atoms with van der Waals surface area (Å²) in [6.45, 7) is 1.83. The van der Waals surface area contributed by atoms with Crippen LogP contribution in [0.2, 0.25) is 0 Å². The molecule has 2 aromatic carbocycles. The van der Waals surface area contributed by atoms with E-state index in [1.165, 1.54) is 0 Å². The largest absolute Gasteiger partial charge is 0.497 e. The lowest BCUT2D eigenvalue weighted by molar-refractivity contribution is -0.113. The Kier molecular flexibility index (Phi) is 6.46. The van der Waals surface area contributed by atoms with Crippen LogP contribution in [-0.4, -0.2) is 47.0 Å². The Labute approximate surface area is 213 Å². The van der Waals surface area contributed by atoms with Gasteiger partial charge in [0, 0.05) is 23.5 Å². The van der Waals surface area contributed by atoms with E-state index in [1.54, 1.807) is 50.4 Å². The van der Waals surface area contributed by atoms with Crippen molar-refractivity contribution in [3.05, 3.63) is 83.8 Å². The van der Waals surface area contributed by atoms with Gasteiger partial charge in [0.25, 0.3) is 5.91 Å². The lowest BCUT2D eigenvalue weighted by atomic mass is 9.98. The third-order valence-corrected chi connectivity index (χ3v) is 6.03. The van der Waals surface area contributed by atoms with Crippen molar-refractivity contribution < 1.29 is 19.0 Å². The zero-order chi connectivity index (χ0) is 25.9. The molecule has 0 bridgehead atoms. The number of allylic oxidation sites excluding steroid dienone is 1. The van der Waals surface area contributed by atoms with Gasteiger partial charge in [-0.05, 0) is 43.3 Å². The van der Waals surface area contributed by atoms with Crippen LogP contribution >= 0.6 is 0 Å². The van der Waals surface area contributed by atoms with E-state index in [-0.39, 0.29) is 5.91 Å². The van der Waals surface area contributed by atoms with Crippen molar-refractivity contribution in [3.63, 3.8) is 0 Å². The Bertz CT molecular complexity index is 1460. The summed E-state index contributed by atoms with van der Waals surface area (Å²) in [5.74, 6) is 2.41. The Morgan fingerprint density at radius 1 is 0.973 bits per heavy atom. The number of hydrogen-bond acceptors (Lipinski definition) is 8. The number of ether oxygens (including phenoxy) is 3. The van der Waals surface area contributed by atoms with Crippen LogP contribution in [0.25, 0.3) is 11.4 Å². The van der Waals surface area contributed by atoms with Crippen molar-refractivity contribution in [2.45, 2.75) is 13.0 Å². The standard InChI is InChI=1S/C27H26N6O4/c1-16-23(26(34)30-20-9-5-6-11-22(20)37-4)24(21-10-7-8-12-28-21)33-27(29-16)31-25(32-33)17-13-18(35-2)15-19(14-17)36-3/h5-15,24H,1-4H3,(H,30,34)(H,29,31,32)/t24-/m1/s1. The van der Waals surface area contributed by atoms with E-state index >= 15 is 0 Å². The van der Waals surface area contributed by atoms with E-state index in [9.17, 15) is 4.79 Å². The van der Waals surface area contributed by atoms with E-state index in [4.69, 9.17) is 24.3 Å². The molecule has 2 aromatic heterocycles. The van der Waals surface area contributed by atoms with E-state index in [0.717, 1.165) is 0 Å². The number of hydrogen-bond donors (Lipinski definition) is 2. The van der Waals surface area contributed by atoms with Crippen LogP contribution in [0.5, 0.6) is 17.2 Å². The summed E-state index contributed by atoms with van der Waals surface area (Å²) < 4.78 is 17.9. The topological polar surface area (TPSA) is 112 Å². The van der Waals surface area contributed by atoms with Crippen LogP contribution in [0.15, 0.2) is 78.1 Å². The lowest BCUT2D eigenvalue weighted by Crippen LogP contribution is -2.32. The summed E-state index contributed by atoms with van der Waals surface area (Å²) >= 11 is 0. The Morgan fingerprint density at radius 3 is 2.38 bits per heavy atom. The predicted octanol–water partition coefficient (Wildman–Crippen LogP) is 4.29. The Balaban J connectivity index is 1.59. The smallest absolute Gasteiger partial charge is 0.256 e. The molecule has 1 aliphatic heterocycles. The number of amides is 1. The molecule has 1 amide bonds. The predicted molar refractivity (Wildman–Crippen MR) is 139 cm³/mol. The molecule has 2 N–H and O–H groups in total. The highest BCUT2D eigenvalue weighted by atomic mass is 16.5.